The summed E-state index contributed by atoms with van der Waals surface area (Å²) < 4.78 is 0. The van der Waals surface area contributed by atoms with Crippen LogP contribution < -0.4 is 0 Å². The van der Waals surface area contributed by atoms with Crippen LogP contribution in [-0.4, -0.2) is 6.29 Å². The second kappa shape index (κ2) is 16.5. The van der Waals surface area contributed by atoms with Crippen molar-refractivity contribution in [3.63, 3.8) is 0 Å². The van der Waals surface area contributed by atoms with Crippen molar-refractivity contribution in [1.82, 2.24) is 0 Å². The maximum Gasteiger partial charge on any atom is 0.123 e. The third kappa shape index (κ3) is 13.8. The van der Waals surface area contributed by atoms with Crippen molar-refractivity contribution in [1.29, 1.82) is 0 Å². The second-order valence-electron chi connectivity index (χ2n) is 6.00. The van der Waals surface area contributed by atoms with Crippen LogP contribution in [0, 0.1) is 5.92 Å². The Labute approximate surface area is 127 Å². The van der Waals surface area contributed by atoms with E-state index in [9.17, 15) is 4.79 Å². The normalized spacial score (nSPS) is 12.9. The molecule has 1 nitrogen and oxygen atoms in total. The highest BCUT2D eigenvalue weighted by molar-refractivity contribution is 5.53. The van der Waals surface area contributed by atoms with Gasteiger partial charge in [-0.2, -0.15) is 0 Å². The predicted molar refractivity (Wildman–Crippen MR) is 90.1 cm³/mol. The number of rotatable bonds is 15. The summed E-state index contributed by atoms with van der Waals surface area (Å²) in [6, 6.07) is 0. The fourth-order valence-corrected chi connectivity index (χ4v) is 2.59. The van der Waals surface area contributed by atoms with E-state index >= 15 is 0 Å². The van der Waals surface area contributed by atoms with Gasteiger partial charge in [0.25, 0.3) is 0 Å². The number of hydrogen-bond donors (Lipinski definition) is 0. The summed E-state index contributed by atoms with van der Waals surface area (Å²) in [5, 5.41) is 0. The molecule has 0 N–H and O–H groups in total. The lowest BCUT2D eigenvalue weighted by atomic mass is 9.99. The van der Waals surface area contributed by atoms with Crippen LogP contribution >= 0.6 is 0 Å². The van der Waals surface area contributed by atoms with E-state index in [1.165, 1.54) is 57.8 Å². The molecule has 0 bridgehead atoms. The molecule has 0 aromatic rings. The predicted octanol–water partition coefficient (Wildman–Crippen LogP) is 6.47. The van der Waals surface area contributed by atoms with Gasteiger partial charge in [-0.05, 0) is 32.1 Å². The summed E-state index contributed by atoms with van der Waals surface area (Å²) in [5.74, 6) is 0.285. The van der Waals surface area contributed by atoms with Gasteiger partial charge < -0.3 is 4.79 Å². The monoisotopic (exact) mass is 280 g/mol. The molecule has 0 aliphatic rings. The van der Waals surface area contributed by atoms with Gasteiger partial charge in [-0.1, -0.05) is 77.4 Å². The number of unbranched alkanes of at least 4 members (excludes halogenated alkanes) is 8. The van der Waals surface area contributed by atoms with E-state index in [1.807, 2.05) is 0 Å². The molecule has 0 fully saturated rings. The average Bonchev–Trinajstić information content (AvgIpc) is 2.47. The van der Waals surface area contributed by atoms with Crippen molar-refractivity contribution in [3.8, 4) is 0 Å². The molecule has 0 heterocycles. The molecule has 1 unspecified atom stereocenters. The summed E-state index contributed by atoms with van der Waals surface area (Å²) in [7, 11) is 0. The molecule has 1 heteroatoms. The first-order valence-electron chi connectivity index (χ1n) is 8.95. The van der Waals surface area contributed by atoms with Gasteiger partial charge in [-0.3, -0.25) is 0 Å². The van der Waals surface area contributed by atoms with Gasteiger partial charge in [0.1, 0.15) is 6.29 Å². The molecule has 118 valence electrons. The molecule has 0 rings (SSSR count). The largest absolute Gasteiger partial charge is 0.303 e. The van der Waals surface area contributed by atoms with E-state index in [1.54, 1.807) is 0 Å². The fourth-order valence-electron chi connectivity index (χ4n) is 2.59. The molecule has 0 amide bonds. The Hall–Kier alpha value is -0.590. The van der Waals surface area contributed by atoms with Gasteiger partial charge in [-0.15, -0.1) is 0 Å². The summed E-state index contributed by atoms with van der Waals surface area (Å²) >= 11 is 0. The number of carbonyl (C=O) groups excluding carboxylic acids is 1. The van der Waals surface area contributed by atoms with Crippen LogP contribution in [0.25, 0.3) is 0 Å². The number of allylic oxidation sites excluding steroid dienone is 2. The lowest BCUT2D eigenvalue weighted by molar-refractivity contribution is -0.111. The van der Waals surface area contributed by atoms with Crippen molar-refractivity contribution in [2.24, 2.45) is 5.92 Å². The lowest BCUT2D eigenvalue weighted by Crippen LogP contribution is -2.00. The molecule has 0 radical (unpaired) electrons. The molecule has 0 saturated heterocycles. The molecule has 0 spiro atoms. The minimum atomic E-state index is 0.285. The van der Waals surface area contributed by atoms with Crippen LogP contribution in [0.5, 0.6) is 0 Å². The van der Waals surface area contributed by atoms with Gasteiger partial charge in [0.15, 0.2) is 0 Å². The van der Waals surface area contributed by atoms with Crippen LogP contribution in [0.15, 0.2) is 12.2 Å². The van der Waals surface area contributed by atoms with Gasteiger partial charge in [0, 0.05) is 5.92 Å². The quantitative estimate of drug-likeness (QED) is 0.191. The lowest BCUT2D eigenvalue weighted by Gasteiger charge is -2.05. The average molecular weight is 280 g/mol. The minimum Gasteiger partial charge on any atom is -0.303 e. The Morgan fingerprint density at radius 1 is 0.700 bits per heavy atom. The van der Waals surface area contributed by atoms with Crippen molar-refractivity contribution in [3.05, 3.63) is 12.2 Å². The molecule has 0 saturated carbocycles. The topological polar surface area (TPSA) is 17.1 Å². The Balaban J connectivity index is 3.25. The molecule has 0 aromatic carbocycles. The second-order valence-corrected chi connectivity index (χ2v) is 6.00. The van der Waals surface area contributed by atoms with Crippen molar-refractivity contribution < 1.29 is 4.79 Å². The van der Waals surface area contributed by atoms with E-state index in [0.29, 0.717) is 0 Å². The molecule has 0 aliphatic carbocycles. The van der Waals surface area contributed by atoms with Crippen LogP contribution in [0.2, 0.25) is 0 Å². The van der Waals surface area contributed by atoms with E-state index in [0.717, 1.165) is 32.0 Å². The van der Waals surface area contributed by atoms with Gasteiger partial charge in [-0.25, -0.2) is 0 Å². The van der Waals surface area contributed by atoms with Crippen LogP contribution in [0.3, 0.4) is 0 Å². The van der Waals surface area contributed by atoms with Crippen LogP contribution in [-0.2, 0) is 4.79 Å². The highest BCUT2D eigenvalue weighted by atomic mass is 16.1. The van der Waals surface area contributed by atoms with Crippen molar-refractivity contribution in [2.75, 3.05) is 0 Å². The van der Waals surface area contributed by atoms with Crippen molar-refractivity contribution >= 4 is 6.29 Å². The smallest absolute Gasteiger partial charge is 0.123 e. The Bertz CT molecular complexity index is 220. The Morgan fingerprint density at radius 3 is 1.90 bits per heavy atom. The third-order valence-corrected chi connectivity index (χ3v) is 3.95. The molecule has 1 atom stereocenters. The maximum absolute atomic E-state index is 10.8. The molecular weight excluding hydrogens is 244 g/mol. The first-order chi connectivity index (χ1) is 9.85. The van der Waals surface area contributed by atoms with E-state index in [2.05, 4.69) is 26.0 Å². The summed E-state index contributed by atoms with van der Waals surface area (Å²) in [5.41, 5.74) is 0. The standard InChI is InChI=1S/C19H36O/c1-3-5-6-7-8-9-10-11-12-13-14-15-17-19(18-20)16-4-2/h13-14,18-19H,3-12,15-17H2,1-2H3. The van der Waals surface area contributed by atoms with Gasteiger partial charge in [0.05, 0.1) is 0 Å². The number of carbonyl (C=O) groups is 1. The van der Waals surface area contributed by atoms with E-state index in [-0.39, 0.29) is 5.92 Å². The van der Waals surface area contributed by atoms with E-state index in [4.69, 9.17) is 0 Å². The highest BCUT2D eigenvalue weighted by Gasteiger charge is 2.03. The zero-order valence-electron chi connectivity index (χ0n) is 13.9. The zero-order chi connectivity index (χ0) is 14.9. The summed E-state index contributed by atoms with van der Waals surface area (Å²) in [4.78, 5) is 10.8. The minimum absolute atomic E-state index is 0.285. The van der Waals surface area contributed by atoms with Crippen molar-refractivity contribution in [2.45, 2.75) is 97.3 Å². The number of aldehydes is 1. The first-order valence-corrected chi connectivity index (χ1v) is 8.95. The molecule has 20 heavy (non-hydrogen) atoms. The molecule has 0 aliphatic heterocycles. The molecular formula is C19H36O. The summed E-state index contributed by atoms with van der Waals surface area (Å²) in [6.07, 6.45) is 22.3. The van der Waals surface area contributed by atoms with Crippen LogP contribution in [0.1, 0.15) is 97.3 Å². The van der Waals surface area contributed by atoms with Gasteiger partial charge in [0.2, 0.25) is 0 Å². The molecule has 0 aromatic heterocycles. The summed E-state index contributed by atoms with van der Waals surface area (Å²) in [6.45, 7) is 4.42. The first kappa shape index (κ1) is 19.4. The highest BCUT2D eigenvalue weighted by Crippen LogP contribution is 2.12. The Morgan fingerprint density at radius 2 is 1.30 bits per heavy atom. The maximum atomic E-state index is 10.8. The number of hydrogen-bond acceptors (Lipinski definition) is 1. The Kier molecular flexibility index (Phi) is 16.0. The van der Waals surface area contributed by atoms with E-state index < -0.39 is 0 Å². The van der Waals surface area contributed by atoms with Crippen LogP contribution in [0.4, 0.5) is 0 Å². The third-order valence-electron chi connectivity index (χ3n) is 3.95. The zero-order valence-corrected chi connectivity index (χ0v) is 13.9. The fraction of sp³-hybridized carbons (Fsp3) is 0.842. The SMILES string of the molecule is CCCCCCCCCCC=CCCC(C=O)CCC. The van der Waals surface area contributed by atoms with Gasteiger partial charge >= 0.3 is 0 Å².